The summed E-state index contributed by atoms with van der Waals surface area (Å²) in [7, 11) is 0. The number of hydrogen-bond donors (Lipinski definition) is 1. The minimum Gasteiger partial charge on any atom is -0.399 e. The van der Waals surface area contributed by atoms with Crippen molar-refractivity contribution in [2.24, 2.45) is 0 Å². The van der Waals surface area contributed by atoms with Gasteiger partial charge in [0.1, 0.15) is 5.82 Å². The largest absolute Gasteiger partial charge is 0.399 e. The van der Waals surface area contributed by atoms with E-state index in [1.54, 1.807) is 16.8 Å². The minimum atomic E-state index is -0.398. The molecule has 0 bridgehead atoms. The molecule has 1 aromatic heterocycles. The molecule has 5 nitrogen and oxygen atoms in total. The summed E-state index contributed by atoms with van der Waals surface area (Å²) in [6.45, 7) is 2.06. The lowest BCUT2D eigenvalue weighted by Gasteiger charge is -2.11. The molecule has 3 rings (SSSR count). The predicted octanol–water partition coefficient (Wildman–Crippen LogP) is 1.57. The van der Waals surface area contributed by atoms with Gasteiger partial charge in [-0.05, 0) is 48.4 Å². The fourth-order valence-electron chi connectivity index (χ4n) is 1.82. The first-order chi connectivity index (χ1) is 8.10. The van der Waals surface area contributed by atoms with Crippen LogP contribution < -0.4 is 5.73 Å². The predicted molar refractivity (Wildman–Crippen MR) is 60.5 cm³/mol. The van der Waals surface area contributed by atoms with E-state index < -0.39 is 5.82 Å². The third kappa shape index (κ3) is 1.56. The Morgan fingerprint density at radius 3 is 2.82 bits per heavy atom. The summed E-state index contributed by atoms with van der Waals surface area (Å²) < 4.78 is 15.5. The number of rotatable bonds is 2. The fourth-order valence-corrected chi connectivity index (χ4v) is 1.82. The summed E-state index contributed by atoms with van der Waals surface area (Å²) in [5.74, 6) is 0.0628. The van der Waals surface area contributed by atoms with Crippen LogP contribution in [0.15, 0.2) is 18.2 Å². The lowest BCUT2D eigenvalue weighted by molar-refractivity contribution is 0.462. The summed E-state index contributed by atoms with van der Waals surface area (Å²) >= 11 is 0. The van der Waals surface area contributed by atoms with Crippen LogP contribution in [-0.4, -0.2) is 20.2 Å². The van der Waals surface area contributed by atoms with Crippen LogP contribution in [0.3, 0.4) is 0 Å². The third-order valence-electron chi connectivity index (χ3n) is 3.19. The van der Waals surface area contributed by atoms with Gasteiger partial charge in [0.25, 0.3) is 0 Å². The van der Waals surface area contributed by atoms with Crippen molar-refractivity contribution in [3.63, 3.8) is 0 Å². The van der Waals surface area contributed by atoms with Gasteiger partial charge < -0.3 is 5.73 Å². The van der Waals surface area contributed by atoms with Crippen molar-refractivity contribution in [1.29, 1.82) is 0 Å². The zero-order chi connectivity index (χ0) is 12.0. The Morgan fingerprint density at radius 1 is 1.41 bits per heavy atom. The van der Waals surface area contributed by atoms with E-state index in [2.05, 4.69) is 22.4 Å². The van der Waals surface area contributed by atoms with E-state index in [1.165, 1.54) is 6.07 Å². The van der Waals surface area contributed by atoms with Gasteiger partial charge in [0.05, 0.1) is 11.1 Å². The van der Waals surface area contributed by atoms with Crippen molar-refractivity contribution >= 4 is 5.69 Å². The van der Waals surface area contributed by atoms with Crippen LogP contribution in [-0.2, 0) is 5.54 Å². The van der Waals surface area contributed by atoms with Crippen LogP contribution >= 0.6 is 0 Å². The molecule has 0 radical (unpaired) electrons. The monoisotopic (exact) mass is 233 g/mol. The van der Waals surface area contributed by atoms with Gasteiger partial charge in [0.15, 0.2) is 5.82 Å². The van der Waals surface area contributed by atoms with Crippen molar-refractivity contribution in [2.75, 3.05) is 5.73 Å². The van der Waals surface area contributed by atoms with E-state index in [0.717, 1.165) is 12.8 Å². The molecule has 6 heteroatoms. The average molecular weight is 233 g/mol. The van der Waals surface area contributed by atoms with Gasteiger partial charge >= 0.3 is 0 Å². The minimum absolute atomic E-state index is 0.0628. The van der Waals surface area contributed by atoms with E-state index in [4.69, 9.17) is 5.73 Å². The van der Waals surface area contributed by atoms with Gasteiger partial charge in [-0.2, -0.15) is 0 Å². The molecule has 1 aliphatic carbocycles. The average Bonchev–Trinajstić information content (AvgIpc) is 2.85. The van der Waals surface area contributed by atoms with Crippen molar-refractivity contribution in [1.82, 2.24) is 20.2 Å². The van der Waals surface area contributed by atoms with Crippen LogP contribution in [0.1, 0.15) is 19.8 Å². The molecule has 1 fully saturated rings. The first-order valence-corrected chi connectivity index (χ1v) is 5.44. The molecule has 2 aromatic rings. The quantitative estimate of drug-likeness (QED) is 0.799. The lowest BCUT2D eigenvalue weighted by atomic mass is 10.1. The van der Waals surface area contributed by atoms with Gasteiger partial charge in [-0.3, -0.25) is 0 Å². The number of nitrogen functional groups attached to an aromatic ring is 1. The maximum atomic E-state index is 13.8. The van der Waals surface area contributed by atoms with E-state index in [9.17, 15) is 4.39 Å². The van der Waals surface area contributed by atoms with Crippen LogP contribution in [0.4, 0.5) is 10.1 Å². The molecule has 0 saturated heterocycles. The molecule has 2 N–H and O–H groups in total. The Morgan fingerprint density at radius 2 is 2.18 bits per heavy atom. The normalized spacial score (nSPS) is 17.1. The number of anilines is 1. The van der Waals surface area contributed by atoms with Gasteiger partial charge in [0, 0.05) is 5.69 Å². The van der Waals surface area contributed by atoms with Gasteiger partial charge in [0.2, 0.25) is 0 Å². The smallest absolute Gasteiger partial charge is 0.185 e. The van der Waals surface area contributed by atoms with E-state index in [0.29, 0.717) is 17.1 Å². The Kier molecular flexibility index (Phi) is 1.95. The molecule has 17 heavy (non-hydrogen) atoms. The molecule has 0 amide bonds. The second-order valence-corrected chi connectivity index (χ2v) is 4.65. The van der Waals surface area contributed by atoms with E-state index in [1.807, 2.05) is 0 Å². The molecule has 88 valence electrons. The molecule has 0 spiro atoms. The SMILES string of the molecule is CC1(n2nnnc2-c2ccc(N)cc2F)CC1. The first-order valence-electron chi connectivity index (χ1n) is 5.44. The number of nitrogens with zero attached hydrogens (tertiary/aromatic N) is 4. The maximum absolute atomic E-state index is 13.8. The number of nitrogens with two attached hydrogens (primary N) is 1. The Labute approximate surface area is 97.4 Å². The van der Waals surface area contributed by atoms with E-state index in [-0.39, 0.29) is 5.54 Å². The molecular formula is C11H12FN5. The van der Waals surface area contributed by atoms with Crippen LogP contribution in [0, 0.1) is 5.82 Å². The van der Waals surface area contributed by atoms with Gasteiger partial charge in [-0.15, -0.1) is 5.10 Å². The highest BCUT2D eigenvalue weighted by atomic mass is 19.1. The van der Waals surface area contributed by atoms with Crippen LogP contribution in [0.2, 0.25) is 0 Å². The second-order valence-electron chi connectivity index (χ2n) is 4.65. The molecule has 0 aliphatic heterocycles. The number of aromatic nitrogens is 4. The molecule has 1 aliphatic rings. The summed E-state index contributed by atoms with van der Waals surface area (Å²) in [6, 6.07) is 4.54. The summed E-state index contributed by atoms with van der Waals surface area (Å²) in [4.78, 5) is 0. The highest BCUT2D eigenvalue weighted by Crippen LogP contribution is 2.44. The van der Waals surface area contributed by atoms with Crippen molar-refractivity contribution in [3.8, 4) is 11.4 Å². The van der Waals surface area contributed by atoms with Gasteiger partial charge in [-0.25, -0.2) is 9.07 Å². The number of benzene rings is 1. The topological polar surface area (TPSA) is 69.6 Å². The van der Waals surface area contributed by atoms with Gasteiger partial charge in [-0.1, -0.05) is 0 Å². The second kappa shape index (κ2) is 3.26. The highest BCUT2D eigenvalue weighted by molar-refractivity contribution is 5.59. The molecular weight excluding hydrogens is 221 g/mol. The Bertz CT molecular complexity index is 573. The summed E-state index contributed by atoms with van der Waals surface area (Å²) in [5.41, 5.74) is 6.23. The zero-order valence-electron chi connectivity index (χ0n) is 9.39. The maximum Gasteiger partial charge on any atom is 0.185 e. The van der Waals surface area contributed by atoms with Crippen LogP contribution in [0.25, 0.3) is 11.4 Å². The molecule has 0 unspecified atom stereocenters. The molecule has 0 atom stereocenters. The summed E-state index contributed by atoms with van der Waals surface area (Å²) in [5, 5.41) is 11.5. The van der Waals surface area contributed by atoms with Crippen molar-refractivity contribution < 1.29 is 4.39 Å². The van der Waals surface area contributed by atoms with Crippen LogP contribution in [0.5, 0.6) is 0 Å². The first kappa shape index (κ1) is 10.2. The third-order valence-corrected chi connectivity index (χ3v) is 3.19. The van der Waals surface area contributed by atoms with Crippen molar-refractivity contribution in [3.05, 3.63) is 24.0 Å². The Hall–Kier alpha value is -1.98. The molecule has 1 saturated carbocycles. The fraction of sp³-hybridized carbons (Fsp3) is 0.364. The number of tetrazole rings is 1. The number of hydrogen-bond acceptors (Lipinski definition) is 4. The Balaban J connectivity index is 2.13. The van der Waals surface area contributed by atoms with E-state index >= 15 is 0 Å². The highest BCUT2D eigenvalue weighted by Gasteiger charge is 2.42. The molecule has 1 heterocycles. The number of halogens is 1. The van der Waals surface area contributed by atoms with Crippen molar-refractivity contribution in [2.45, 2.75) is 25.3 Å². The zero-order valence-corrected chi connectivity index (χ0v) is 9.39. The lowest BCUT2D eigenvalue weighted by Crippen LogP contribution is -2.16. The molecule has 1 aromatic carbocycles. The standard InChI is InChI=1S/C11H12FN5/c1-11(4-5-11)17-10(14-15-16-17)8-3-2-7(13)6-9(8)12/h2-3,6H,4-5,13H2,1H3. The summed E-state index contributed by atoms with van der Waals surface area (Å²) in [6.07, 6.45) is 2.03.